The molecule has 59 heavy (non-hydrogen) atoms. The van der Waals surface area contributed by atoms with E-state index in [0.29, 0.717) is 39.5 Å². The lowest BCUT2D eigenvalue weighted by atomic mass is 9.98. The number of ether oxygens (including phenoxy) is 9. The van der Waals surface area contributed by atoms with Gasteiger partial charge in [0.25, 0.3) is 0 Å². The third-order valence-corrected chi connectivity index (χ3v) is 12.3. The Kier molecular flexibility index (Phi) is 17.1. The Balaban J connectivity index is 1.18. The van der Waals surface area contributed by atoms with Crippen LogP contribution in [0.15, 0.2) is 121 Å². The van der Waals surface area contributed by atoms with Gasteiger partial charge in [-0.25, -0.2) is 4.79 Å². The Bertz CT molecular complexity index is 1780. The average Bonchev–Trinajstić information content (AvgIpc) is 3.26. The van der Waals surface area contributed by atoms with E-state index in [-0.39, 0.29) is 19.3 Å². The van der Waals surface area contributed by atoms with Crippen LogP contribution in [0.3, 0.4) is 0 Å². The summed E-state index contributed by atoms with van der Waals surface area (Å²) < 4.78 is 57.9. The normalized spacial score (nSPS) is 24.7. The van der Waals surface area contributed by atoms with Crippen molar-refractivity contribution < 1.29 is 47.4 Å². The predicted molar refractivity (Wildman–Crippen MR) is 227 cm³/mol. The van der Waals surface area contributed by atoms with E-state index < -0.39 is 57.3 Å². The molecule has 2 heterocycles. The van der Waals surface area contributed by atoms with E-state index in [0.717, 1.165) is 28.3 Å². The quantitative estimate of drug-likeness (QED) is 0.0810. The first-order valence-electron chi connectivity index (χ1n) is 20.6. The summed E-state index contributed by atoms with van der Waals surface area (Å²) in [5.41, 5.74) is 4.05. The molecular weight excluding hydrogens is 767 g/mol. The molecule has 2 aliphatic rings. The highest BCUT2D eigenvalue weighted by Gasteiger charge is 2.49. The summed E-state index contributed by atoms with van der Waals surface area (Å²) in [6, 6.07) is 40.4. The molecule has 318 valence electrons. The van der Waals surface area contributed by atoms with Crippen molar-refractivity contribution in [1.82, 2.24) is 4.90 Å². The molecule has 12 heteroatoms. The Morgan fingerprint density at radius 2 is 1.15 bits per heavy atom. The lowest BCUT2D eigenvalue weighted by Crippen LogP contribution is -2.62. The molecule has 0 aromatic heterocycles. The molecule has 0 bridgehead atoms. The number of methoxy groups -OCH3 is 1. The van der Waals surface area contributed by atoms with Crippen LogP contribution in [0.1, 0.15) is 28.7 Å². The smallest absolute Gasteiger partial charge is 0.409 e. The fourth-order valence-electron chi connectivity index (χ4n) is 7.13. The highest BCUT2D eigenvalue weighted by atomic mass is 28.3. The van der Waals surface area contributed by atoms with E-state index in [1.807, 2.05) is 121 Å². The molecule has 4 aromatic rings. The Morgan fingerprint density at radius 1 is 0.661 bits per heavy atom. The van der Waals surface area contributed by atoms with E-state index in [4.69, 9.17) is 42.6 Å². The second-order valence-electron chi connectivity index (χ2n) is 16.3. The number of hydrogen-bond donors (Lipinski definition) is 0. The van der Waals surface area contributed by atoms with Crippen LogP contribution in [0.5, 0.6) is 0 Å². The van der Waals surface area contributed by atoms with Gasteiger partial charge in [0.15, 0.2) is 12.6 Å². The van der Waals surface area contributed by atoms with Crippen LogP contribution in [0.4, 0.5) is 4.79 Å². The number of nitrogens with zero attached hydrogens (tertiary/aromatic N) is 1. The van der Waals surface area contributed by atoms with Gasteiger partial charge in [0.05, 0.1) is 58.4 Å². The van der Waals surface area contributed by atoms with Gasteiger partial charge in [-0.05, 0) is 28.3 Å². The summed E-state index contributed by atoms with van der Waals surface area (Å²) in [4.78, 5) is 14.8. The molecule has 0 aliphatic carbocycles. The summed E-state index contributed by atoms with van der Waals surface area (Å²) >= 11 is 0. The van der Waals surface area contributed by atoms with Crippen LogP contribution in [0, 0.1) is 0 Å². The Labute approximate surface area is 350 Å². The van der Waals surface area contributed by atoms with Crippen molar-refractivity contribution in [3.63, 3.8) is 0 Å². The fourth-order valence-corrected chi connectivity index (χ4v) is 7.84. The molecule has 2 saturated heterocycles. The third kappa shape index (κ3) is 13.8. The largest absolute Gasteiger partial charge is 0.450 e. The van der Waals surface area contributed by atoms with E-state index in [1.54, 1.807) is 19.1 Å². The van der Waals surface area contributed by atoms with Crippen LogP contribution >= 0.6 is 0 Å². The molecule has 6 rings (SSSR count). The molecule has 8 atom stereocenters. The molecule has 2 fully saturated rings. The molecule has 4 aromatic carbocycles. The predicted octanol–water partition coefficient (Wildman–Crippen LogP) is 8.24. The Morgan fingerprint density at radius 3 is 1.66 bits per heavy atom. The van der Waals surface area contributed by atoms with Crippen molar-refractivity contribution in [1.29, 1.82) is 0 Å². The van der Waals surface area contributed by atoms with Crippen LogP contribution in [0.25, 0.3) is 0 Å². The van der Waals surface area contributed by atoms with Gasteiger partial charge in [-0.15, -0.1) is 0 Å². The van der Waals surface area contributed by atoms with Crippen molar-refractivity contribution in [3.8, 4) is 0 Å². The van der Waals surface area contributed by atoms with Crippen LogP contribution in [-0.4, -0.2) is 102 Å². The molecule has 1 amide bonds. The van der Waals surface area contributed by atoms with E-state index >= 15 is 0 Å². The van der Waals surface area contributed by atoms with E-state index in [2.05, 4.69) is 19.6 Å². The minimum Gasteiger partial charge on any atom is -0.450 e. The zero-order chi connectivity index (χ0) is 41.5. The number of likely N-dealkylation sites (N-methyl/N-ethyl adjacent to an activating group) is 1. The average molecular weight is 828 g/mol. The zero-order valence-electron chi connectivity index (χ0n) is 35.1. The van der Waals surface area contributed by atoms with Crippen molar-refractivity contribution in [3.05, 3.63) is 144 Å². The minimum absolute atomic E-state index is 0.107. The second kappa shape index (κ2) is 22.6. The molecule has 0 saturated carbocycles. The van der Waals surface area contributed by atoms with Crippen molar-refractivity contribution in [2.24, 2.45) is 0 Å². The van der Waals surface area contributed by atoms with Gasteiger partial charge in [-0.3, -0.25) is 0 Å². The van der Waals surface area contributed by atoms with Gasteiger partial charge < -0.3 is 47.5 Å². The first kappa shape index (κ1) is 44.6. The highest BCUT2D eigenvalue weighted by Crippen LogP contribution is 2.32. The monoisotopic (exact) mass is 827 g/mol. The maximum Gasteiger partial charge on any atom is 0.409 e. The number of hydrogen-bond acceptors (Lipinski definition) is 10. The first-order valence-corrected chi connectivity index (χ1v) is 24.3. The zero-order valence-corrected chi connectivity index (χ0v) is 36.1. The molecule has 11 nitrogen and oxygen atoms in total. The molecular formula is C47H61NO10Si. The van der Waals surface area contributed by atoms with Crippen LogP contribution in [0.2, 0.25) is 25.7 Å². The summed E-state index contributed by atoms with van der Waals surface area (Å²) in [6.07, 6.45) is -4.33. The van der Waals surface area contributed by atoms with Crippen LogP contribution < -0.4 is 0 Å². The molecule has 0 unspecified atom stereocenters. The molecule has 2 aliphatic heterocycles. The highest BCUT2D eigenvalue weighted by molar-refractivity contribution is 6.76. The summed E-state index contributed by atoms with van der Waals surface area (Å²) in [6.45, 7) is 8.79. The van der Waals surface area contributed by atoms with E-state index in [9.17, 15) is 4.79 Å². The van der Waals surface area contributed by atoms with Gasteiger partial charge in [0, 0.05) is 28.7 Å². The van der Waals surface area contributed by atoms with Crippen molar-refractivity contribution in [2.45, 2.75) is 108 Å². The topological polar surface area (TPSA) is 103 Å². The summed E-state index contributed by atoms with van der Waals surface area (Å²) in [7, 11) is 2.01. The second-order valence-corrected chi connectivity index (χ2v) is 22.0. The molecule has 0 spiro atoms. The van der Waals surface area contributed by atoms with E-state index in [1.165, 1.54) is 0 Å². The van der Waals surface area contributed by atoms with Gasteiger partial charge in [0.2, 0.25) is 0 Å². The van der Waals surface area contributed by atoms with Crippen LogP contribution in [-0.2, 0) is 69.1 Å². The lowest BCUT2D eigenvalue weighted by Gasteiger charge is -2.46. The van der Waals surface area contributed by atoms with Gasteiger partial charge >= 0.3 is 6.09 Å². The molecule has 0 radical (unpaired) electrons. The number of rotatable bonds is 20. The lowest BCUT2D eigenvalue weighted by molar-refractivity contribution is -0.333. The summed E-state index contributed by atoms with van der Waals surface area (Å²) in [5.74, 6) is 0. The summed E-state index contributed by atoms with van der Waals surface area (Å²) in [5, 5.41) is 0. The van der Waals surface area contributed by atoms with Crippen molar-refractivity contribution in [2.75, 3.05) is 34.0 Å². The number of carbonyl (C=O) groups is 1. The number of benzene rings is 4. The number of carbonyl (C=O) groups excluding carboxylic acids is 1. The Hall–Kier alpha value is -3.95. The fraction of sp³-hybridized carbons (Fsp3) is 0.468. The SMILES string of the molecule is CO[C@H]1[C@H](OCc2ccccc2)[C@@H](OCc2ccccc2)[C@H](OCc2ccccc2)O[C@@H]1CO[C@H]1C[C@H](OCc2ccccc2)[C@@H](N(C)C(=O)OCC[Si](C)(C)C)CO1. The maximum atomic E-state index is 13.2. The third-order valence-electron chi connectivity index (χ3n) is 10.6. The van der Waals surface area contributed by atoms with Crippen molar-refractivity contribution >= 4 is 14.2 Å². The van der Waals surface area contributed by atoms with Gasteiger partial charge in [0.1, 0.15) is 24.4 Å². The van der Waals surface area contributed by atoms with Gasteiger partial charge in [-0.1, -0.05) is 141 Å². The first-order chi connectivity index (χ1) is 28.7. The number of amides is 1. The minimum atomic E-state index is -1.38. The van der Waals surface area contributed by atoms with Gasteiger partial charge in [-0.2, -0.15) is 0 Å². The molecule has 0 N–H and O–H groups in total. The maximum absolute atomic E-state index is 13.2. The standard InChI is InChI=1S/C47H61NO10Si/c1-48(47(49)51-26-27-59(3,4)5)39-33-53-42(28-40(39)52-29-35-18-10-6-11-19-35)54-34-41-43(50-2)44(55-30-36-20-12-7-13-21-36)45(56-31-37-22-14-8-15-23-37)46(58-41)57-32-38-24-16-9-17-25-38/h6-25,39-46H,26-34H2,1-5H3/t39-,40-,41+,42-,43+,44-,45+,46+/m0/s1.